The molecule has 0 unspecified atom stereocenters. The maximum Gasteiger partial charge on any atom is 0.281 e. The number of nitrogens with one attached hydrogen (secondary N) is 1. The predicted molar refractivity (Wildman–Crippen MR) is 99.4 cm³/mol. The van der Waals surface area contributed by atoms with Crippen molar-refractivity contribution in [2.24, 2.45) is 0 Å². The lowest BCUT2D eigenvalue weighted by atomic mass is 10.2. The molecule has 1 N–H and O–H groups in total. The van der Waals surface area contributed by atoms with Crippen LogP contribution in [0.25, 0.3) is 17.0 Å². The Kier molecular flexibility index (Phi) is 3.55. The molecule has 0 aliphatic carbocycles. The number of anilines is 1. The molecule has 3 aromatic rings. The molecule has 2 heterocycles. The van der Waals surface area contributed by atoms with Gasteiger partial charge in [0.25, 0.3) is 5.91 Å². The van der Waals surface area contributed by atoms with Gasteiger partial charge in [-0.3, -0.25) is 9.69 Å². The first-order chi connectivity index (χ1) is 11.7. The summed E-state index contributed by atoms with van der Waals surface area (Å²) in [5.41, 5.74) is 2.77. The Hall–Kier alpha value is -3.05. The minimum absolute atomic E-state index is 0.179. The number of rotatable bonds is 2. The fourth-order valence-corrected chi connectivity index (χ4v) is 2.95. The number of hydrogen-bond acceptors (Lipinski definition) is 3. The van der Waals surface area contributed by atoms with Crippen LogP contribution in [0.15, 0.2) is 72.4 Å². The topological polar surface area (TPSA) is 45.2 Å². The lowest BCUT2D eigenvalue weighted by Crippen LogP contribution is -2.30. The summed E-state index contributed by atoms with van der Waals surface area (Å²) in [6.07, 6.45) is 1.73. The number of nitrogens with zero attached hydrogens (tertiary/aromatic N) is 2. The van der Waals surface area contributed by atoms with Gasteiger partial charge in [0.1, 0.15) is 5.70 Å². The summed E-state index contributed by atoms with van der Waals surface area (Å²) in [5.74, 6) is -0.179. The fourth-order valence-electron chi connectivity index (χ4n) is 2.66. The van der Waals surface area contributed by atoms with Gasteiger partial charge < -0.3 is 5.32 Å². The van der Waals surface area contributed by atoms with E-state index in [9.17, 15) is 4.79 Å². The first-order valence-corrected chi connectivity index (χ1v) is 7.91. The SMILES string of the molecule is O=C1C(=Cc2ccc3ccccc3n2)NC(=S)N1c1ccccc1. The highest BCUT2D eigenvalue weighted by Crippen LogP contribution is 2.22. The number of carbonyl (C=O) groups is 1. The number of thiocarbonyl (C=S) groups is 1. The standard InChI is InChI=1S/C19H13N3OS/c23-18-17(21-19(24)22(18)15-7-2-1-3-8-15)12-14-11-10-13-6-4-5-9-16(13)20-14/h1-12H,(H,21,24). The monoisotopic (exact) mass is 331 g/mol. The third-order valence-corrected chi connectivity index (χ3v) is 4.09. The van der Waals surface area contributed by atoms with Gasteiger partial charge in [-0.2, -0.15) is 0 Å². The molecule has 0 atom stereocenters. The summed E-state index contributed by atoms with van der Waals surface area (Å²) < 4.78 is 0. The van der Waals surface area contributed by atoms with Crippen LogP contribution in [-0.4, -0.2) is 16.0 Å². The summed E-state index contributed by atoms with van der Waals surface area (Å²) >= 11 is 5.30. The third-order valence-electron chi connectivity index (χ3n) is 3.80. The first kappa shape index (κ1) is 14.5. The van der Waals surface area contributed by atoms with E-state index in [2.05, 4.69) is 10.3 Å². The number of hydrogen-bond donors (Lipinski definition) is 1. The van der Waals surface area contributed by atoms with Gasteiger partial charge in [-0.1, -0.05) is 42.5 Å². The van der Waals surface area contributed by atoms with Crippen LogP contribution in [0.5, 0.6) is 0 Å². The van der Waals surface area contributed by atoms with Gasteiger partial charge in [0.15, 0.2) is 5.11 Å². The Labute approximate surface area is 144 Å². The largest absolute Gasteiger partial charge is 0.327 e. The van der Waals surface area contributed by atoms with Crippen LogP contribution in [0.4, 0.5) is 5.69 Å². The van der Waals surface area contributed by atoms with Gasteiger partial charge in [0.05, 0.1) is 16.9 Å². The van der Waals surface area contributed by atoms with E-state index in [1.807, 2.05) is 66.7 Å². The fraction of sp³-hybridized carbons (Fsp3) is 0. The van der Waals surface area contributed by atoms with E-state index in [0.717, 1.165) is 16.6 Å². The molecule has 1 aliphatic heterocycles. The lowest BCUT2D eigenvalue weighted by molar-refractivity contribution is -0.113. The second kappa shape index (κ2) is 5.86. The zero-order valence-electron chi connectivity index (χ0n) is 12.6. The van der Waals surface area contributed by atoms with Crippen LogP contribution in [0.1, 0.15) is 5.69 Å². The van der Waals surface area contributed by atoms with E-state index >= 15 is 0 Å². The number of aromatic nitrogens is 1. The molecule has 0 saturated carbocycles. The summed E-state index contributed by atoms with van der Waals surface area (Å²) in [7, 11) is 0. The third kappa shape index (κ3) is 2.55. The molecule has 24 heavy (non-hydrogen) atoms. The Balaban J connectivity index is 1.70. The van der Waals surface area contributed by atoms with Crippen molar-refractivity contribution in [2.45, 2.75) is 0 Å². The number of carbonyl (C=O) groups excluding carboxylic acids is 1. The van der Waals surface area contributed by atoms with E-state index in [4.69, 9.17) is 12.2 Å². The molecule has 116 valence electrons. The molecule has 2 aromatic carbocycles. The smallest absolute Gasteiger partial charge is 0.281 e. The van der Waals surface area contributed by atoms with Gasteiger partial charge in [-0.25, -0.2) is 4.98 Å². The molecule has 0 bridgehead atoms. The first-order valence-electron chi connectivity index (χ1n) is 7.50. The molecular formula is C19H13N3OS. The van der Waals surface area contributed by atoms with Crippen LogP contribution in [-0.2, 0) is 4.79 Å². The van der Waals surface area contributed by atoms with Crippen molar-refractivity contribution < 1.29 is 4.79 Å². The molecular weight excluding hydrogens is 318 g/mol. The van der Waals surface area contributed by atoms with Crippen LogP contribution in [0.3, 0.4) is 0 Å². The lowest BCUT2D eigenvalue weighted by Gasteiger charge is -2.13. The highest BCUT2D eigenvalue weighted by atomic mass is 32.1. The number of para-hydroxylation sites is 2. The highest BCUT2D eigenvalue weighted by Gasteiger charge is 2.31. The predicted octanol–water partition coefficient (Wildman–Crippen LogP) is 3.50. The number of amides is 1. The van der Waals surface area contributed by atoms with E-state index in [0.29, 0.717) is 16.5 Å². The van der Waals surface area contributed by atoms with Crippen molar-refractivity contribution in [2.75, 3.05) is 4.90 Å². The zero-order chi connectivity index (χ0) is 16.5. The Bertz CT molecular complexity index is 982. The van der Waals surface area contributed by atoms with Crippen LogP contribution in [0.2, 0.25) is 0 Å². The normalized spacial score (nSPS) is 16.0. The van der Waals surface area contributed by atoms with E-state index in [1.54, 1.807) is 6.08 Å². The molecule has 5 heteroatoms. The zero-order valence-corrected chi connectivity index (χ0v) is 13.5. The summed E-state index contributed by atoms with van der Waals surface area (Å²) in [4.78, 5) is 18.7. The van der Waals surface area contributed by atoms with Crippen molar-refractivity contribution in [1.82, 2.24) is 10.3 Å². The maximum atomic E-state index is 12.7. The van der Waals surface area contributed by atoms with Crippen molar-refractivity contribution in [3.63, 3.8) is 0 Å². The molecule has 1 amide bonds. The van der Waals surface area contributed by atoms with E-state index < -0.39 is 0 Å². The van der Waals surface area contributed by atoms with Gasteiger partial charge in [0, 0.05) is 5.39 Å². The highest BCUT2D eigenvalue weighted by molar-refractivity contribution is 7.80. The van der Waals surface area contributed by atoms with Crippen molar-refractivity contribution in [3.05, 3.63) is 78.1 Å². The van der Waals surface area contributed by atoms with E-state index in [-0.39, 0.29) is 5.91 Å². The molecule has 0 radical (unpaired) electrons. The molecule has 4 rings (SSSR count). The summed E-state index contributed by atoms with van der Waals surface area (Å²) in [5, 5.41) is 4.41. The molecule has 1 aromatic heterocycles. The average Bonchev–Trinajstić information content (AvgIpc) is 2.89. The summed E-state index contributed by atoms with van der Waals surface area (Å²) in [6, 6.07) is 21.1. The number of fused-ring (bicyclic) bond motifs is 1. The molecule has 4 nitrogen and oxygen atoms in total. The van der Waals surface area contributed by atoms with Crippen molar-refractivity contribution in [3.8, 4) is 0 Å². The van der Waals surface area contributed by atoms with Crippen molar-refractivity contribution in [1.29, 1.82) is 0 Å². The molecule has 1 saturated heterocycles. The van der Waals surface area contributed by atoms with Crippen LogP contribution < -0.4 is 10.2 Å². The summed E-state index contributed by atoms with van der Waals surface area (Å²) in [6.45, 7) is 0. The Morgan fingerprint density at radius 2 is 1.71 bits per heavy atom. The molecule has 0 spiro atoms. The Morgan fingerprint density at radius 1 is 0.958 bits per heavy atom. The number of pyridine rings is 1. The second-order valence-corrected chi connectivity index (χ2v) is 5.78. The van der Waals surface area contributed by atoms with Gasteiger partial charge in [-0.05, 0) is 42.6 Å². The maximum absolute atomic E-state index is 12.7. The van der Waals surface area contributed by atoms with E-state index in [1.165, 1.54) is 4.90 Å². The van der Waals surface area contributed by atoms with Gasteiger partial charge in [-0.15, -0.1) is 0 Å². The molecule has 1 aliphatic rings. The van der Waals surface area contributed by atoms with Gasteiger partial charge >= 0.3 is 0 Å². The van der Waals surface area contributed by atoms with Gasteiger partial charge in [0.2, 0.25) is 0 Å². The number of benzene rings is 2. The van der Waals surface area contributed by atoms with Crippen LogP contribution >= 0.6 is 12.2 Å². The minimum atomic E-state index is -0.179. The molecule has 1 fully saturated rings. The average molecular weight is 331 g/mol. The van der Waals surface area contributed by atoms with Crippen molar-refractivity contribution >= 4 is 45.9 Å². The minimum Gasteiger partial charge on any atom is -0.327 e. The Morgan fingerprint density at radius 3 is 2.54 bits per heavy atom. The van der Waals surface area contributed by atoms with Crippen LogP contribution in [0, 0.1) is 0 Å². The second-order valence-electron chi connectivity index (χ2n) is 5.39. The quantitative estimate of drug-likeness (QED) is 0.577.